The van der Waals surface area contributed by atoms with Crippen LogP contribution in [0.3, 0.4) is 0 Å². The summed E-state index contributed by atoms with van der Waals surface area (Å²) in [6.07, 6.45) is 2.52. The maximum atomic E-state index is 12.9. The summed E-state index contributed by atoms with van der Waals surface area (Å²) < 4.78 is 12.9. The molecule has 0 bridgehead atoms. The van der Waals surface area contributed by atoms with Crippen molar-refractivity contribution in [2.45, 2.75) is 26.2 Å². The molecule has 1 aliphatic heterocycles. The molecule has 1 heterocycles. The van der Waals surface area contributed by atoms with Crippen molar-refractivity contribution in [1.29, 1.82) is 0 Å². The summed E-state index contributed by atoms with van der Waals surface area (Å²) in [6, 6.07) is 5.53. The van der Waals surface area contributed by atoms with E-state index < -0.39 is 0 Å². The van der Waals surface area contributed by atoms with Crippen molar-refractivity contribution in [3.63, 3.8) is 0 Å². The van der Waals surface area contributed by atoms with Crippen molar-refractivity contribution >= 4 is 11.8 Å². The van der Waals surface area contributed by atoms with Crippen LogP contribution in [0.4, 0.5) is 4.39 Å². The third-order valence-corrected chi connectivity index (χ3v) is 3.72. The molecule has 1 saturated heterocycles. The summed E-state index contributed by atoms with van der Waals surface area (Å²) in [5.74, 6) is -0.617. The monoisotopic (exact) mass is 292 g/mol. The lowest BCUT2D eigenvalue weighted by Gasteiger charge is -2.32. The van der Waals surface area contributed by atoms with E-state index in [1.54, 1.807) is 4.90 Å². The molecule has 0 spiro atoms. The Morgan fingerprint density at radius 2 is 2.05 bits per heavy atom. The van der Waals surface area contributed by atoms with Crippen LogP contribution in [0.5, 0.6) is 0 Å². The average molecular weight is 292 g/mol. The number of carbonyl (C=O) groups excluding carboxylic acids is 2. The summed E-state index contributed by atoms with van der Waals surface area (Å²) in [6.45, 7) is 3.76. The zero-order valence-electron chi connectivity index (χ0n) is 12.3. The largest absolute Gasteiger partial charge is 0.356 e. The fourth-order valence-electron chi connectivity index (χ4n) is 2.54. The van der Waals surface area contributed by atoms with Crippen molar-refractivity contribution < 1.29 is 14.0 Å². The number of piperidine rings is 1. The summed E-state index contributed by atoms with van der Waals surface area (Å²) in [4.78, 5) is 26.1. The summed E-state index contributed by atoms with van der Waals surface area (Å²) in [7, 11) is 0. The van der Waals surface area contributed by atoms with Gasteiger partial charge in [-0.15, -0.1) is 0 Å². The second-order valence-corrected chi connectivity index (χ2v) is 5.39. The topological polar surface area (TPSA) is 49.4 Å². The average Bonchev–Trinajstić information content (AvgIpc) is 2.52. The standard InChI is InChI=1S/C16H21FN2O2/c1-2-9-18-15(20)13-4-3-10-19(11-13)16(21)12-5-7-14(17)8-6-12/h5-8,13H,2-4,9-11H2,1H3,(H,18,20)/t13-/m1/s1. The summed E-state index contributed by atoms with van der Waals surface area (Å²) >= 11 is 0. The highest BCUT2D eigenvalue weighted by atomic mass is 19.1. The molecule has 114 valence electrons. The molecule has 1 aliphatic rings. The van der Waals surface area contributed by atoms with Crippen LogP contribution in [-0.2, 0) is 4.79 Å². The van der Waals surface area contributed by atoms with E-state index in [1.165, 1.54) is 24.3 Å². The molecule has 1 atom stereocenters. The molecule has 21 heavy (non-hydrogen) atoms. The van der Waals surface area contributed by atoms with Crippen molar-refractivity contribution in [1.82, 2.24) is 10.2 Å². The first-order valence-electron chi connectivity index (χ1n) is 7.44. The molecular formula is C16H21FN2O2. The molecule has 1 fully saturated rings. The number of halogens is 1. The maximum absolute atomic E-state index is 12.9. The van der Waals surface area contributed by atoms with Gasteiger partial charge in [-0.25, -0.2) is 4.39 Å². The van der Waals surface area contributed by atoms with Crippen molar-refractivity contribution in [3.8, 4) is 0 Å². The van der Waals surface area contributed by atoms with Crippen LogP contribution in [-0.4, -0.2) is 36.3 Å². The zero-order valence-corrected chi connectivity index (χ0v) is 12.3. The number of amides is 2. The number of hydrogen-bond acceptors (Lipinski definition) is 2. The van der Waals surface area contributed by atoms with Crippen molar-refractivity contribution in [2.75, 3.05) is 19.6 Å². The fourth-order valence-corrected chi connectivity index (χ4v) is 2.54. The van der Waals surface area contributed by atoms with Crippen LogP contribution in [0.1, 0.15) is 36.5 Å². The van der Waals surface area contributed by atoms with Crippen LogP contribution < -0.4 is 5.32 Å². The Kier molecular flexibility index (Phi) is 5.31. The van der Waals surface area contributed by atoms with E-state index in [9.17, 15) is 14.0 Å². The molecule has 0 aromatic heterocycles. The van der Waals surface area contributed by atoms with Gasteiger partial charge in [0, 0.05) is 25.2 Å². The maximum Gasteiger partial charge on any atom is 0.253 e. The van der Waals surface area contributed by atoms with Gasteiger partial charge in [0.25, 0.3) is 5.91 Å². The molecule has 5 heteroatoms. The highest BCUT2D eigenvalue weighted by molar-refractivity contribution is 5.94. The van der Waals surface area contributed by atoms with Gasteiger partial charge >= 0.3 is 0 Å². The molecule has 0 radical (unpaired) electrons. The molecule has 0 aliphatic carbocycles. The smallest absolute Gasteiger partial charge is 0.253 e. The molecule has 1 aromatic carbocycles. The van der Waals surface area contributed by atoms with E-state index in [0.29, 0.717) is 25.2 Å². The van der Waals surface area contributed by atoms with Crippen LogP contribution in [0.2, 0.25) is 0 Å². The number of likely N-dealkylation sites (tertiary alicyclic amines) is 1. The lowest BCUT2D eigenvalue weighted by molar-refractivity contribution is -0.126. The summed E-state index contributed by atoms with van der Waals surface area (Å²) in [5, 5.41) is 2.88. The van der Waals surface area contributed by atoms with Crippen LogP contribution in [0, 0.1) is 11.7 Å². The second kappa shape index (κ2) is 7.20. The van der Waals surface area contributed by atoms with E-state index in [-0.39, 0.29) is 23.5 Å². The van der Waals surface area contributed by atoms with E-state index >= 15 is 0 Å². The Morgan fingerprint density at radius 3 is 2.71 bits per heavy atom. The Bertz CT molecular complexity index is 502. The number of carbonyl (C=O) groups is 2. The van der Waals surface area contributed by atoms with Gasteiger partial charge in [-0.1, -0.05) is 6.92 Å². The Morgan fingerprint density at radius 1 is 1.33 bits per heavy atom. The molecular weight excluding hydrogens is 271 g/mol. The van der Waals surface area contributed by atoms with Gasteiger partial charge in [-0.3, -0.25) is 9.59 Å². The van der Waals surface area contributed by atoms with E-state index in [1.807, 2.05) is 6.92 Å². The zero-order chi connectivity index (χ0) is 15.2. The van der Waals surface area contributed by atoms with E-state index in [2.05, 4.69) is 5.32 Å². The van der Waals surface area contributed by atoms with E-state index in [4.69, 9.17) is 0 Å². The molecule has 2 amide bonds. The van der Waals surface area contributed by atoms with Gasteiger partial charge in [0.2, 0.25) is 5.91 Å². The first-order valence-corrected chi connectivity index (χ1v) is 7.44. The Labute approximate surface area is 124 Å². The fraction of sp³-hybridized carbons (Fsp3) is 0.500. The highest BCUT2D eigenvalue weighted by Crippen LogP contribution is 2.19. The van der Waals surface area contributed by atoms with Crippen LogP contribution in [0.25, 0.3) is 0 Å². The molecule has 1 aromatic rings. The Hall–Kier alpha value is -1.91. The minimum absolute atomic E-state index is 0.0217. The van der Waals surface area contributed by atoms with Gasteiger partial charge in [-0.2, -0.15) is 0 Å². The summed E-state index contributed by atoms with van der Waals surface area (Å²) in [5.41, 5.74) is 0.464. The predicted molar refractivity (Wildman–Crippen MR) is 78.3 cm³/mol. The molecule has 0 unspecified atom stereocenters. The number of nitrogens with one attached hydrogen (secondary N) is 1. The predicted octanol–water partition coefficient (Wildman–Crippen LogP) is 2.20. The number of nitrogens with zero attached hydrogens (tertiary/aromatic N) is 1. The molecule has 1 N–H and O–H groups in total. The highest BCUT2D eigenvalue weighted by Gasteiger charge is 2.28. The first kappa shape index (κ1) is 15.5. The normalized spacial score (nSPS) is 18.4. The number of rotatable bonds is 4. The van der Waals surface area contributed by atoms with Gasteiger partial charge < -0.3 is 10.2 Å². The minimum Gasteiger partial charge on any atom is -0.356 e. The lowest BCUT2D eigenvalue weighted by Crippen LogP contribution is -2.45. The third-order valence-electron chi connectivity index (χ3n) is 3.72. The van der Waals surface area contributed by atoms with Gasteiger partial charge in [0.1, 0.15) is 5.82 Å². The molecule has 0 saturated carbocycles. The van der Waals surface area contributed by atoms with Crippen LogP contribution >= 0.6 is 0 Å². The van der Waals surface area contributed by atoms with Crippen LogP contribution in [0.15, 0.2) is 24.3 Å². The van der Waals surface area contributed by atoms with Gasteiger partial charge in [0.05, 0.1) is 5.92 Å². The third kappa shape index (κ3) is 4.03. The SMILES string of the molecule is CCCNC(=O)[C@@H]1CCCN(C(=O)c2ccc(F)cc2)C1. The molecule has 2 rings (SSSR count). The van der Waals surface area contributed by atoms with Crippen molar-refractivity contribution in [2.24, 2.45) is 5.92 Å². The van der Waals surface area contributed by atoms with Gasteiger partial charge in [-0.05, 0) is 43.5 Å². The lowest BCUT2D eigenvalue weighted by atomic mass is 9.96. The number of hydrogen-bond donors (Lipinski definition) is 1. The molecule has 4 nitrogen and oxygen atoms in total. The van der Waals surface area contributed by atoms with Gasteiger partial charge in [0.15, 0.2) is 0 Å². The minimum atomic E-state index is -0.359. The second-order valence-electron chi connectivity index (χ2n) is 5.39. The first-order chi connectivity index (χ1) is 10.1. The quantitative estimate of drug-likeness (QED) is 0.925. The Balaban J connectivity index is 1.98. The van der Waals surface area contributed by atoms with Crippen molar-refractivity contribution in [3.05, 3.63) is 35.6 Å². The number of benzene rings is 1. The van der Waals surface area contributed by atoms with E-state index in [0.717, 1.165) is 19.3 Å².